The van der Waals surface area contributed by atoms with Crippen LogP contribution in [0, 0.1) is 0 Å². The molecule has 29 heavy (non-hydrogen) atoms. The quantitative estimate of drug-likeness (QED) is 0.589. The second kappa shape index (κ2) is 10.0. The van der Waals surface area contributed by atoms with E-state index in [-0.39, 0.29) is 11.9 Å². The van der Waals surface area contributed by atoms with E-state index in [1.807, 2.05) is 54.0 Å². The van der Waals surface area contributed by atoms with E-state index in [4.69, 9.17) is 0 Å². The topological polar surface area (TPSA) is 62.2 Å². The van der Waals surface area contributed by atoms with Crippen LogP contribution in [-0.4, -0.2) is 47.5 Å². The van der Waals surface area contributed by atoms with Gasteiger partial charge in [0, 0.05) is 49.3 Å². The third-order valence-electron chi connectivity index (χ3n) is 4.84. The van der Waals surface area contributed by atoms with Crippen LogP contribution in [0.25, 0.3) is 5.69 Å². The van der Waals surface area contributed by atoms with Gasteiger partial charge in [-0.05, 0) is 56.4 Å². The van der Waals surface area contributed by atoms with Gasteiger partial charge in [-0.15, -0.1) is 0 Å². The Morgan fingerprint density at radius 3 is 2.66 bits per heavy atom. The number of hydrogen-bond donors (Lipinski definition) is 2. The van der Waals surface area contributed by atoms with Crippen molar-refractivity contribution in [3.63, 3.8) is 0 Å². The minimum Gasteiger partial charge on any atom is -0.351 e. The third-order valence-corrected chi connectivity index (χ3v) is 4.84. The van der Waals surface area contributed by atoms with Crippen molar-refractivity contribution in [3.8, 4) is 5.69 Å². The first-order chi connectivity index (χ1) is 14.0. The summed E-state index contributed by atoms with van der Waals surface area (Å²) in [5.41, 5.74) is 4.09. The molecule has 6 nitrogen and oxygen atoms in total. The number of carbonyl (C=O) groups excluding carboxylic acids is 1. The van der Waals surface area contributed by atoms with Crippen LogP contribution in [-0.2, 0) is 6.54 Å². The Bertz CT molecular complexity index is 903. The summed E-state index contributed by atoms with van der Waals surface area (Å²) < 4.78 is 1.98. The average Bonchev–Trinajstić information content (AvgIpc) is 3.27. The van der Waals surface area contributed by atoms with Gasteiger partial charge in [-0.1, -0.05) is 24.3 Å². The van der Waals surface area contributed by atoms with Crippen molar-refractivity contribution in [2.75, 3.05) is 27.2 Å². The highest BCUT2D eigenvalue weighted by Gasteiger charge is 2.08. The van der Waals surface area contributed by atoms with E-state index >= 15 is 0 Å². The molecule has 1 atom stereocenters. The van der Waals surface area contributed by atoms with Crippen molar-refractivity contribution in [1.82, 2.24) is 25.1 Å². The highest BCUT2D eigenvalue weighted by atomic mass is 16.1. The lowest BCUT2D eigenvalue weighted by atomic mass is 10.1. The van der Waals surface area contributed by atoms with Crippen molar-refractivity contribution in [1.29, 1.82) is 0 Å². The molecule has 0 fully saturated rings. The summed E-state index contributed by atoms with van der Waals surface area (Å²) >= 11 is 0. The van der Waals surface area contributed by atoms with Crippen LogP contribution >= 0.6 is 0 Å². The number of aromatic nitrogens is 2. The predicted octanol–water partition coefficient (Wildman–Crippen LogP) is 3.01. The van der Waals surface area contributed by atoms with Crippen molar-refractivity contribution < 1.29 is 4.79 Å². The molecule has 0 aliphatic carbocycles. The Hall–Kier alpha value is -2.96. The molecule has 1 unspecified atom stereocenters. The van der Waals surface area contributed by atoms with Gasteiger partial charge in [0.25, 0.3) is 5.91 Å². The Morgan fingerprint density at radius 1 is 1.17 bits per heavy atom. The van der Waals surface area contributed by atoms with E-state index in [0.717, 1.165) is 17.8 Å². The van der Waals surface area contributed by atoms with Crippen LogP contribution < -0.4 is 10.6 Å². The van der Waals surface area contributed by atoms with Gasteiger partial charge in [-0.2, -0.15) is 0 Å². The first kappa shape index (κ1) is 20.8. The second-order valence-electron chi connectivity index (χ2n) is 7.42. The molecule has 1 aromatic heterocycles. The highest BCUT2D eigenvalue weighted by Crippen LogP contribution is 2.16. The lowest BCUT2D eigenvalue weighted by Gasteiger charge is -2.16. The molecule has 0 spiro atoms. The van der Waals surface area contributed by atoms with Gasteiger partial charge < -0.3 is 20.1 Å². The summed E-state index contributed by atoms with van der Waals surface area (Å²) in [5.74, 6) is -0.0307. The summed E-state index contributed by atoms with van der Waals surface area (Å²) in [6.07, 6.45) is 5.50. The van der Waals surface area contributed by atoms with Crippen molar-refractivity contribution in [3.05, 3.63) is 83.9 Å². The zero-order valence-electron chi connectivity index (χ0n) is 17.3. The maximum Gasteiger partial charge on any atom is 0.251 e. The van der Waals surface area contributed by atoms with E-state index in [0.29, 0.717) is 18.7 Å². The number of imidazole rings is 1. The minimum absolute atomic E-state index is 0.0307. The number of hydrogen-bond acceptors (Lipinski definition) is 4. The molecule has 3 rings (SSSR count). The first-order valence-corrected chi connectivity index (χ1v) is 9.86. The fourth-order valence-electron chi connectivity index (χ4n) is 3.05. The van der Waals surface area contributed by atoms with Gasteiger partial charge in [0.05, 0.1) is 6.33 Å². The zero-order chi connectivity index (χ0) is 20.6. The zero-order valence-corrected chi connectivity index (χ0v) is 17.3. The van der Waals surface area contributed by atoms with Crippen LogP contribution in [0.15, 0.2) is 67.3 Å². The fourth-order valence-corrected chi connectivity index (χ4v) is 3.05. The van der Waals surface area contributed by atoms with Gasteiger partial charge >= 0.3 is 0 Å². The number of carbonyl (C=O) groups is 1. The monoisotopic (exact) mass is 391 g/mol. The molecule has 0 saturated heterocycles. The van der Waals surface area contributed by atoms with Gasteiger partial charge in [0.2, 0.25) is 0 Å². The number of rotatable bonds is 9. The number of nitrogens with zero attached hydrogens (tertiary/aromatic N) is 3. The van der Waals surface area contributed by atoms with Crippen LogP contribution in [0.2, 0.25) is 0 Å². The van der Waals surface area contributed by atoms with Crippen LogP contribution in [0.5, 0.6) is 0 Å². The van der Waals surface area contributed by atoms with E-state index in [2.05, 4.69) is 46.8 Å². The molecular formula is C23H29N5O. The van der Waals surface area contributed by atoms with Crippen molar-refractivity contribution in [2.45, 2.75) is 19.5 Å². The Kier molecular flexibility index (Phi) is 7.16. The van der Waals surface area contributed by atoms with Crippen molar-refractivity contribution in [2.24, 2.45) is 0 Å². The molecule has 0 saturated carbocycles. The second-order valence-corrected chi connectivity index (χ2v) is 7.42. The summed E-state index contributed by atoms with van der Waals surface area (Å²) in [5, 5.41) is 6.49. The third kappa shape index (κ3) is 6.01. The van der Waals surface area contributed by atoms with Crippen LogP contribution in [0.1, 0.15) is 34.5 Å². The maximum atomic E-state index is 12.3. The van der Waals surface area contributed by atoms with E-state index in [9.17, 15) is 4.79 Å². The van der Waals surface area contributed by atoms with Crippen LogP contribution in [0.3, 0.4) is 0 Å². The normalized spacial score (nSPS) is 12.1. The Morgan fingerprint density at radius 2 is 1.97 bits per heavy atom. The number of likely N-dealkylation sites (N-methyl/N-ethyl adjacent to an activating group) is 1. The summed E-state index contributed by atoms with van der Waals surface area (Å²) in [7, 11) is 3.98. The molecule has 0 aliphatic heterocycles. The largest absolute Gasteiger partial charge is 0.351 e. The molecule has 152 valence electrons. The fraction of sp³-hybridized carbons (Fsp3) is 0.304. The molecule has 3 aromatic rings. The predicted molar refractivity (Wildman–Crippen MR) is 116 cm³/mol. The molecule has 2 N–H and O–H groups in total. The molecule has 0 bridgehead atoms. The standard InChI is InChI=1S/C23H29N5O/c1-18(20-7-9-22(10-8-20)28-14-11-24-17-28)26-16-19-5-4-6-21(15-19)23(29)25-12-13-27(2)3/h4-11,14-15,17-18,26H,12-13,16H2,1-3H3,(H,25,29). The average molecular weight is 392 g/mol. The molecule has 1 amide bonds. The van der Waals surface area contributed by atoms with Crippen LogP contribution in [0.4, 0.5) is 0 Å². The number of amides is 1. The summed E-state index contributed by atoms with van der Waals surface area (Å²) in [4.78, 5) is 18.4. The molecule has 1 heterocycles. The van der Waals surface area contributed by atoms with Gasteiger partial charge in [0.1, 0.15) is 0 Å². The van der Waals surface area contributed by atoms with E-state index < -0.39 is 0 Å². The Balaban J connectivity index is 1.54. The SMILES string of the molecule is CC(NCc1cccc(C(=O)NCCN(C)C)c1)c1ccc(-n2ccnc2)cc1. The van der Waals surface area contributed by atoms with Gasteiger partial charge in [-0.3, -0.25) is 4.79 Å². The highest BCUT2D eigenvalue weighted by molar-refractivity contribution is 5.94. The number of benzene rings is 2. The lowest BCUT2D eigenvalue weighted by molar-refractivity contribution is 0.0951. The van der Waals surface area contributed by atoms with Gasteiger partial charge in [0.15, 0.2) is 0 Å². The molecular weight excluding hydrogens is 362 g/mol. The first-order valence-electron chi connectivity index (χ1n) is 9.86. The smallest absolute Gasteiger partial charge is 0.251 e. The summed E-state index contributed by atoms with van der Waals surface area (Å²) in [6.45, 7) is 4.30. The Labute approximate surface area is 172 Å². The maximum absolute atomic E-state index is 12.3. The minimum atomic E-state index is -0.0307. The number of nitrogens with one attached hydrogen (secondary N) is 2. The van der Waals surface area contributed by atoms with Gasteiger partial charge in [-0.25, -0.2) is 4.98 Å². The molecule has 6 heteroatoms. The van der Waals surface area contributed by atoms with E-state index in [1.165, 1.54) is 5.56 Å². The van der Waals surface area contributed by atoms with Crippen molar-refractivity contribution >= 4 is 5.91 Å². The molecule has 0 aliphatic rings. The molecule has 0 radical (unpaired) electrons. The molecule has 2 aromatic carbocycles. The summed E-state index contributed by atoms with van der Waals surface area (Å²) in [6, 6.07) is 16.4. The lowest BCUT2D eigenvalue weighted by Crippen LogP contribution is -2.31. The van der Waals surface area contributed by atoms with E-state index in [1.54, 1.807) is 12.5 Å².